The van der Waals surface area contributed by atoms with Crippen LogP contribution in [0.1, 0.15) is 20.7 Å². The van der Waals surface area contributed by atoms with Crippen molar-refractivity contribution in [2.45, 2.75) is 0 Å². The van der Waals surface area contributed by atoms with Crippen LogP contribution in [0.4, 0.5) is 11.4 Å². The standard InChI is InChI=1S/C15H10Cl2N2O2/c1-18-8-2-4-9(5-3-8)19-14(20)10-6-12(16)13(17)7-11(10)15(19)21/h2-7,18H,1H3. The summed E-state index contributed by atoms with van der Waals surface area (Å²) in [4.78, 5) is 25.9. The molecular weight excluding hydrogens is 311 g/mol. The second-order valence-corrected chi connectivity index (χ2v) is 5.37. The normalized spacial score (nSPS) is 13.6. The molecular formula is C15H10Cl2N2O2. The molecule has 1 heterocycles. The van der Waals surface area contributed by atoms with Crippen molar-refractivity contribution >= 4 is 46.4 Å². The van der Waals surface area contributed by atoms with Crippen molar-refractivity contribution in [2.24, 2.45) is 0 Å². The fraction of sp³-hybridized carbons (Fsp3) is 0.0667. The topological polar surface area (TPSA) is 49.4 Å². The van der Waals surface area contributed by atoms with E-state index in [1.165, 1.54) is 12.1 Å². The molecule has 2 aromatic rings. The van der Waals surface area contributed by atoms with Crippen molar-refractivity contribution in [3.63, 3.8) is 0 Å². The maximum atomic E-state index is 12.4. The molecule has 0 aromatic heterocycles. The van der Waals surface area contributed by atoms with E-state index in [0.717, 1.165) is 10.6 Å². The molecule has 0 spiro atoms. The Hall–Kier alpha value is -2.04. The van der Waals surface area contributed by atoms with E-state index < -0.39 is 11.8 Å². The summed E-state index contributed by atoms with van der Waals surface area (Å²) in [5, 5.41) is 3.48. The first kappa shape index (κ1) is 13.9. The number of anilines is 2. The first-order chi connectivity index (χ1) is 10.0. The Balaban J connectivity index is 2.06. The number of benzene rings is 2. The smallest absolute Gasteiger partial charge is 0.266 e. The Morgan fingerprint density at radius 1 is 0.905 bits per heavy atom. The lowest BCUT2D eigenvalue weighted by Crippen LogP contribution is -2.29. The molecule has 106 valence electrons. The highest BCUT2D eigenvalue weighted by molar-refractivity contribution is 6.44. The zero-order valence-corrected chi connectivity index (χ0v) is 12.5. The van der Waals surface area contributed by atoms with Crippen molar-refractivity contribution < 1.29 is 9.59 Å². The Morgan fingerprint density at radius 3 is 1.81 bits per heavy atom. The average Bonchev–Trinajstić information content (AvgIpc) is 2.72. The van der Waals surface area contributed by atoms with E-state index >= 15 is 0 Å². The van der Waals surface area contributed by atoms with Gasteiger partial charge in [0, 0.05) is 12.7 Å². The average molecular weight is 321 g/mol. The molecule has 0 fully saturated rings. The lowest BCUT2D eigenvalue weighted by Gasteiger charge is -2.14. The van der Waals surface area contributed by atoms with Crippen LogP contribution in [0.3, 0.4) is 0 Å². The fourth-order valence-corrected chi connectivity index (χ4v) is 2.57. The number of nitrogens with zero attached hydrogens (tertiary/aromatic N) is 1. The Labute approximate surface area is 131 Å². The number of fused-ring (bicyclic) bond motifs is 1. The quantitative estimate of drug-likeness (QED) is 0.855. The molecule has 1 aliphatic rings. The lowest BCUT2D eigenvalue weighted by atomic mass is 10.1. The van der Waals surface area contributed by atoms with Crippen molar-refractivity contribution in [3.8, 4) is 0 Å². The van der Waals surface area contributed by atoms with Gasteiger partial charge < -0.3 is 5.32 Å². The highest BCUT2D eigenvalue weighted by atomic mass is 35.5. The van der Waals surface area contributed by atoms with Gasteiger partial charge in [0.1, 0.15) is 0 Å². The third-order valence-corrected chi connectivity index (χ3v) is 4.06. The van der Waals surface area contributed by atoms with Gasteiger partial charge in [-0.2, -0.15) is 0 Å². The number of rotatable bonds is 2. The van der Waals surface area contributed by atoms with Gasteiger partial charge in [0.2, 0.25) is 0 Å². The van der Waals surface area contributed by atoms with Gasteiger partial charge in [0.15, 0.2) is 0 Å². The molecule has 4 nitrogen and oxygen atoms in total. The lowest BCUT2D eigenvalue weighted by molar-refractivity contribution is 0.0926. The first-order valence-corrected chi connectivity index (χ1v) is 6.94. The minimum absolute atomic E-state index is 0.254. The summed E-state index contributed by atoms with van der Waals surface area (Å²) >= 11 is 11.8. The number of amides is 2. The van der Waals surface area contributed by atoms with E-state index in [-0.39, 0.29) is 21.2 Å². The van der Waals surface area contributed by atoms with Crippen LogP contribution in [0.25, 0.3) is 0 Å². The maximum Gasteiger partial charge on any atom is 0.266 e. The molecule has 0 bridgehead atoms. The van der Waals surface area contributed by atoms with Crippen molar-refractivity contribution in [2.75, 3.05) is 17.3 Å². The third-order valence-electron chi connectivity index (χ3n) is 3.34. The van der Waals surface area contributed by atoms with Gasteiger partial charge in [-0.05, 0) is 36.4 Å². The number of carbonyl (C=O) groups is 2. The van der Waals surface area contributed by atoms with Gasteiger partial charge in [-0.1, -0.05) is 23.2 Å². The molecule has 1 aliphatic heterocycles. The predicted octanol–water partition coefficient (Wildman–Crippen LogP) is 3.84. The van der Waals surface area contributed by atoms with Gasteiger partial charge in [0.05, 0.1) is 26.9 Å². The molecule has 6 heteroatoms. The summed E-state index contributed by atoms with van der Waals surface area (Å²) in [6.07, 6.45) is 0. The number of hydrogen-bond donors (Lipinski definition) is 1. The van der Waals surface area contributed by atoms with Crippen LogP contribution in [0, 0.1) is 0 Å². The van der Waals surface area contributed by atoms with Crippen LogP contribution in [-0.2, 0) is 0 Å². The van der Waals surface area contributed by atoms with E-state index in [1.54, 1.807) is 31.3 Å². The molecule has 0 radical (unpaired) electrons. The van der Waals surface area contributed by atoms with Crippen LogP contribution in [0.15, 0.2) is 36.4 Å². The molecule has 0 aliphatic carbocycles. The van der Waals surface area contributed by atoms with Gasteiger partial charge in [-0.3, -0.25) is 9.59 Å². The van der Waals surface area contributed by atoms with Gasteiger partial charge in [-0.25, -0.2) is 4.90 Å². The molecule has 1 N–H and O–H groups in total. The molecule has 3 rings (SSSR count). The molecule has 2 aromatic carbocycles. The van der Waals surface area contributed by atoms with Crippen LogP contribution in [0.2, 0.25) is 10.0 Å². The fourth-order valence-electron chi connectivity index (χ4n) is 2.25. The Kier molecular flexibility index (Phi) is 3.35. The number of carbonyl (C=O) groups excluding carboxylic acids is 2. The summed E-state index contributed by atoms with van der Waals surface area (Å²) < 4.78 is 0. The molecule has 0 atom stereocenters. The van der Waals surface area contributed by atoms with Gasteiger partial charge in [0.25, 0.3) is 11.8 Å². The number of imide groups is 1. The maximum absolute atomic E-state index is 12.4. The van der Waals surface area contributed by atoms with Crippen molar-refractivity contribution in [1.82, 2.24) is 0 Å². The monoisotopic (exact) mass is 320 g/mol. The van der Waals surface area contributed by atoms with E-state index in [4.69, 9.17) is 23.2 Å². The first-order valence-electron chi connectivity index (χ1n) is 6.18. The highest BCUT2D eigenvalue weighted by Crippen LogP contribution is 2.34. The molecule has 2 amide bonds. The SMILES string of the molecule is CNc1ccc(N2C(=O)c3cc(Cl)c(Cl)cc3C2=O)cc1. The summed E-state index contributed by atoms with van der Waals surface area (Å²) in [6.45, 7) is 0. The van der Waals surface area contributed by atoms with E-state index in [2.05, 4.69) is 5.32 Å². The Bertz CT molecular complexity index is 716. The van der Waals surface area contributed by atoms with Crippen molar-refractivity contribution in [3.05, 3.63) is 57.6 Å². The van der Waals surface area contributed by atoms with E-state index in [9.17, 15) is 9.59 Å². The number of halogens is 2. The van der Waals surface area contributed by atoms with Crippen molar-refractivity contribution in [1.29, 1.82) is 0 Å². The second kappa shape index (κ2) is 5.06. The summed E-state index contributed by atoms with van der Waals surface area (Å²) in [7, 11) is 1.79. The van der Waals surface area contributed by atoms with E-state index in [0.29, 0.717) is 5.69 Å². The zero-order valence-electron chi connectivity index (χ0n) is 11.0. The van der Waals surface area contributed by atoms with Crippen LogP contribution < -0.4 is 10.2 Å². The predicted molar refractivity (Wildman–Crippen MR) is 83.6 cm³/mol. The van der Waals surface area contributed by atoms with Gasteiger partial charge >= 0.3 is 0 Å². The van der Waals surface area contributed by atoms with Crippen LogP contribution in [0.5, 0.6) is 0 Å². The second-order valence-electron chi connectivity index (χ2n) is 4.55. The molecule has 0 saturated heterocycles. The minimum Gasteiger partial charge on any atom is -0.388 e. The molecule has 0 unspecified atom stereocenters. The summed E-state index contributed by atoms with van der Waals surface area (Å²) in [5.74, 6) is -0.795. The van der Waals surface area contributed by atoms with Crippen LogP contribution in [-0.4, -0.2) is 18.9 Å². The van der Waals surface area contributed by atoms with Gasteiger partial charge in [-0.15, -0.1) is 0 Å². The summed E-state index contributed by atoms with van der Waals surface area (Å²) in [5.41, 5.74) is 1.94. The highest BCUT2D eigenvalue weighted by Gasteiger charge is 2.37. The largest absolute Gasteiger partial charge is 0.388 e. The van der Waals surface area contributed by atoms with Crippen LogP contribution >= 0.6 is 23.2 Å². The zero-order chi connectivity index (χ0) is 15.1. The number of nitrogens with one attached hydrogen (secondary N) is 1. The molecule has 0 saturated carbocycles. The Morgan fingerprint density at radius 2 is 1.38 bits per heavy atom. The third kappa shape index (κ3) is 2.17. The van der Waals surface area contributed by atoms with E-state index in [1.807, 2.05) is 0 Å². The minimum atomic E-state index is -0.397. The summed E-state index contributed by atoms with van der Waals surface area (Å²) in [6, 6.07) is 9.86. The number of hydrogen-bond acceptors (Lipinski definition) is 3. The molecule has 21 heavy (non-hydrogen) atoms.